The van der Waals surface area contributed by atoms with Crippen LogP contribution in [-0.4, -0.2) is 59.5 Å². The molecule has 4 rings (SSSR count). The average Bonchev–Trinajstić information content (AvgIpc) is 2.67. The topological polar surface area (TPSA) is 56.3 Å². The summed E-state index contributed by atoms with van der Waals surface area (Å²) < 4.78 is 0. The number of hydrogen-bond acceptors (Lipinski definition) is 6. The maximum atomic E-state index is 6.45. The Balaban J connectivity index is 1.49. The van der Waals surface area contributed by atoms with E-state index < -0.39 is 0 Å². The van der Waals surface area contributed by atoms with Gasteiger partial charge in [0.25, 0.3) is 0 Å². The molecule has 0 bridgehead atoms. The maximum absolute atomic E-state index is 6.45. The molecule has 0 radical (unpaired) electrons. The lowest BCUT2D eigenvalue weighted by Gasteiger charge is -2.37. The first-order chi connectivity index (χ1) is 12.7. The van der Waals surface area contributed by atoms with Crippen molar-refractivity contribution in [3.63, 3.8) is 0 Å². The van der Waals surface area contributed by atoms with Crippen molar-refractivity contribution < 1.29 is 0 Å². The molecule has 1 fully saturated rings. The Morgan fingerprint density at radius 3 is 2.62 bits per heavy atom. The lowest BCUT2D eigenvalue weighted by Crippen LogP contribution is -2.45. The first-order valence-corrected chi connectivity index (χ1v) is 9.29. The fraction of sp³-hybridized carbons (Fsp3) is 0.368. The molecule has 1 aromatic carbocycles. The molecule has 1 aromatic heterocycles. The van der Waals surface area contributed by atoms with Gasteiger partial charge < -0.3 is 20.4 Å². The van der Waals surface area contributed by atoms with Crippen LogP contribution in [0.5, 0.6) is 0 Å². The van der Waals surface area contributed by atoms with E-state index in [0.29, 0.717) is 11.6 Å². The molecule has 2 aliphatic rings. The van der Waals surface area contributed by atoms with Gasteiger partial charge in [0, 0.05) is 62.9 Å². The lowest BCUT2D eigenvalue weighted by molar-refractivity contribution is 0.186. The summed E-state index contributed by atoms with van der Waals surface area (Å²) >= 11 is 6.45. The third-order valence-corrected chi connectivity index (χ3v) is 5.24. The Hall–Kier alpha value is -2.31. The van der Waals surface area contributed by atoms with Crippen LogP contribution in [0.1, 0.15) is 5.56 Å². The molecule has 0 aliphatic carbocycles. The van der Waals surface area contributed by atoms with Crippen molar-refractivity contribution in [3.8, 4) is 0 Å². The fourth-order valence-electron chi connectivity index (χ4n) is 3.34. The Morgan fingerprint density at radius 2 is 1.85 bits per heavy atom. The van der Waals surface area contributed by atoms with Gasteiger partial charge in [-0.1, -0.05) is 11.6 Å². The van der Waals surface area contributed by atoms with E-state index in [1.165, 1.54) is 5.70 Å². The Labute approximate surface area is 158 Å². The summed E-state index contributed by atoms with van der Waals surface area (Å²) in [7, 11) is 2.17. The molecule has 2 aromatic rings. The predicted molar refractivity (Wildman–Crippen MR) is 105 cm³/mol. The van der Waals surface area contributed by atoms with Gasteiger partial charge in [0.2, 0.25) is 0 Å². The van der Waals surface area contributed by atoms with E-state index >= 15 is 0 Å². The molecule has 2 aliphatic heterocycles. The van der Waals surface area contributed by atoms with Crippen LogP contribution in [0.4, 0.5) is 0 Å². The van der Waals surface area contributed by atoms with Gasteiger partial charge in [-0.2, -0.15) is 0 Å². The van der Waals surface area contributed by atoms with Gasteiger partial charge in [0.15, 0.2) is 0 Å². The highest BCUT2D eigenvalue weighted by molar-refractivity contribution is 6.32. The second-order valence-corrected chi connectivity index (χ2v) is 7.10. The fourth-order valence-corrected chi connectivity index (χ4v) is 3.57. The van der Waals surface area contributed by atoms with Crippen LogP contribution in [0, 0.1) is 0 Å². The van der Waals surface area contributed by atoms with Gasteiger partial charge in [-0.15, -0.1) is 0 Å². The number of halogens is 1. The second kappa shape index (κ2) is 7.51. The Morgan fingerprint density at radius 1 is 1.12 bits per heavy atom. The zero-order valence-electron chi connectivity index (χ0n) is 14.9. The van der Waals surface area contributed by atoms with Crippen LogP contribution in [0.3, 0.4) is 0 Å². The zero-order chi connectivity index (χ0) is 17.9. The number of benzene rings is 1. The molecule has 0 unspecified atom stereocenters. The normalized spacial score (nSPS) is 18.3. The van der Waals surface area contributed by atoms with Crippen LogP contribution in [0.2, 0.25) is 5.02 Å². The van der Waals surface area contributed by atoms with Crippen LogP contribution >= 0.6 is 11.6 Å². The van der Waals surface area contributed by atoms with Gasteiger partial charge >= 0.3 is 0 Å². The molecule has 0 atom stereocenters. The van der Waals surface area contributed by atoms with Gasteiger partial charge in [-0.25, -0.2) is 0 Å². The number of nitrogens with one attached hydrogen (secondary N) is 2. The Kier molecular flexibility index (Phi) is 4.95. The van der Waals surface area contributed by atoms with E-state index in [1.54, 1.807) is 12.4 Å². The van der Waals surface area contributed by atoms with E-state index in [0.717, 1.165) is 55.0 Å². The molecule has 0 amide bonds. The smallest absolute Gasteiger partial charge is 0.0901 e. The molecule has 136 valence electrons. The molecule has 6 nitrogen and oxygen atoms in total. The van der Waals surface area contributed by atoms with Crippen LogP contribution in [-0.2, 0) is 6.54 Å². The number of dihydropyridines is 1. The summed E-state index contributed by atoms with van der Waals surface area (Å²) in [5.41, 5.74) is 5.07. The summed E-state index contributed by atoms with van der Waals surface area (Å²) in [6.45, 7) is 5.78. The molecule has 1 saturated heterocycles. The van der Waals surface area contributed by atoms with Crippen molar-refractivity contribution in [1.82, 2.24) is 30.4 Å². The van der Waals surface area contributed by atoms with Gasteiger partial charge in [0.05, 0.1) is 22.4 Å². The standard InChI is InChI=1S/C19H23ClN6/c1-25-6-8-26(9-7-25)19-2-3-21-13-18(19)24-12-14-10-16-17(11-15(14)20)23-5-4-22-16/h2,4-5,10-11,13,21,24H,3,6-9,12H2,1H3. The molecular weight excluding hydrogens is 348 g/mol. The first kappa shape index (κ1) is 17.1. The summed E-state index contributed by atoms with van der Waals surface area (Å²) in [6, 6.07) is 3.89. The van der Waals surface area contributed by atoms with Crippen LogP contribution < -0.4 is 10.6 Å². The van der Waals surface area contributed by atoms with Gasteiger partial charge in [-0.05, 0) is 30.8 Å². The van der Waals surface area contributed by atoms with Crippen molar-refractivity contribution in [2.45, 2.75) is 6.54 Å². The highest BCUT2D eigenvalue weighted by Gasteiger charge is 2.20. The van der Waals surface area contributed by atoms with Crippen molar-refractivity contribution in [3.05, 3.63) is 58.8 Å². The number of nitrogens with zero attached hydrogens (tertiary/aromatic N) is 4. The Bertz CT molecular complexity index is 854. The number of rotatable bonds is 4. The minimum Gasteiger partial charge on any atom is -0.386 e. The molecule has 7 heteroatoms. The molecule has 26 heavy (non-hydrogen) atoms. The number of hydrogen-bond donors (Lipinski definition) is 2. The first-order valence-electron chi connectivity index (χ1n) is 8.91. The molecule has 2 N–H and O–H groups in total. The third-order valence-electron chi connectivity index (χ3n) is 4.89. The van der Waals surface area contributed by atoms with E-state index in [4.69, 9.17) is 11.6 Å². The van der Waals surface area contributed by atoms with Crippen LogP contribution in [0.25, 0.3) is 11.0 Å². The van der Waals surface area contributed by atoms with E-state index in [-0.39, 0.29) is 0 Å². The molecule has 0 spiro atoms. The average molecular weight is 371 g/mol. The number of likely N-dealkylation sites (N-methyl/N-ethyl adjacent to an activating group) is 1. The van der Waals surface area contributed by atoms with Crippen molar-refractivity contribution in [2.75, 3.05) is 39.8 Å². The maximum Gasteiger partial charge on any atom is 0.0901 e. The van der Waals surface area contributed by atoms with Gasteiger partial charge in [-0.3, -0.25) is 9.97 Å². The van der Waals surface area contributed by atoms with E-state index in [2.05, 4.69) is 49.7 Å². The summed E-state index contributed by atoms with van der Waals surface area (Å²) in [5.74, 6) is 0. The highest BCUT2D eigenvalue weighted by Crippen LogP contribution is 2.23. The summed E-state index contributed by atoms with van der Waals surface area (Å²) in [4.78, 5) is 13.5. The number of fused-ring (bicyclic) bond motifs is 1. The third kappa shape index (κ3) is 3.61. The van der Waals surface area contributed by atoms with Crippen molar-refractivity contribution in [1.29, 1.82) is 0 Å². The van der Waals surface area contributed by atoms with Crippen LogP contribution in [0.15, 0.2) is 48.2 Å². The quantitative estimate of drug-likeness (QED) is 0.858. The number of aromatic nitrogens is 2. The highest BCUT2D eigenvalue weighted by atomic mass is 35.5. The predicted octanol–water partition coefficient (Wildman–Crippen LogP) is 1.95. The SMILES string of the molecule is CN1CCN(C2=CCNC=C2NCc2cc3nccnc3cc2Cl)CC1. The van der Waals surface area contributed by atoms with Crippen molar-refractivity contribution in [2.24, 2.45) is 0 Å². The lowest BCUT2D eigenvalue weighted by atomic mass is 10.1. The van der Waals surface area contributed by atoms with Gasteiger partial charge in [0.1, 0.15) is 0 Å². The monoisotopic (exact) mass is 370 g/mol. The second-order valence-electron chi connectivity index (χ2n) is 6.69. The number of piperazine rings is 1. The van der Waals surface area contributed by atoms with Crippen molar-refractivity contribution >= 4 is 22.6 Å². The summed E-state index contributed by atoms with van der Waals surface area (Å²) in [5, 5.41) is 7.55. The van der Waals surface area contributed by atoms with E-state index in [1.807, 2.05) is 12.1 Å². The minimum atomic E-state index is 0.643. The largest absolute Gasteiger partial charge is 0.386 e. The summed E-state index contributed by atoms with van der Waals surface area (Å²) in [6.07, 6.45) is 7.70. The molecular formula is C19H23ClN6. The zero-order valence-corrected chi connectivity index (χ0v) is 15.6. The molecule has 3 heterocycles. The molecule has 0 saturated carbocycles. The minimum absolute atomic E-state index is 0.643. The van der Waals surface area contributed by atoms with E-state index in [9.17, 15) is 0 Å².